The number of hydrogen-bond donors (Lipinski definition) is 0. The van der Waals surface area contributed by atoms with Gasteiger partial charge in [0.15, 0.2) is 0 Å². The number of ether oxygens (including phenoxy) is 2. The zero-order valence-corrected chi connectivity index (χ0v) is 9.89. The van der Waals surface area contributed by atoms with E-state index in [0.717, 1.165) is 12.8 Å². The summed E-state index contributed by atoms with van der Waals surface area (Å²) in [4.78, 5) is 22.3. The summed E-state index contributed by atoms with van der Waals surface area (Å²) >= 11 is 0. The van der Waals surface area contributed by atoms with Crippen molar-refractivity contribution in [3.8, 4) is 0 Å². The van der Waals surface area contributed by atoms with E-state index in [9.17, 15) is 15.1 Å². The summed E-state index contributed by atoms with van der Waals surface area (Å²) in [6.07, 6.45) is 2.56. The molecule has 96 valence electrons. The Morgan fingerprint density at radius 2 is 1.35 bits per heavy atom. The summed E-state index contributed by atoms with van der Waals surface area (Å²) in [7, 11) is 0. The van der Waals surface area contributed by atoms with Gasteiger partial charge < -0.3 is 19.7 Å². The van der Waals surface area contributed by atoms with E-state index in [1.165, 1.54) is 4.70 Å². The van der Waals surface area contributed by atoms with Crippen molar-refractivity contribution >= 4 is 11.9 Å². The second-order valence-electron chi connectivity index (χ2n) is 3.99. The summed E-state index contributed by atoms with van der Waals surface area (Å²) < 4.78 is 11.0. The molecule has 1 rings (SSSR count). The second-order valence-corrected chi connectivity index (χ2v) is 3.99. The molecule has 0 radical (unpaired) electrons. The van der Waals surface area contributed by atoms with Gasteiger partial charge in [-0.1, -0.05) is 0 Å². The van der Waals surface area contributed by atoms with Crippen molar-refractivity contribution in [2.24, 2.45) is 0 Å². The van der Waals surface area contributed by atoms with Gasteiger partial charge in [0.25, 0.3) is 0 Å². The van der Waals surface area contributed by atoms with E-state index in [1.54, 1.807) is 0 Å². The summed E-state index contributed by atoms with van der Waals surface area (Å²) in [5.74, 6) is -1.10. The lowest BCUT2D eigenvalue weighted by Gasteiger charge is -2.10. The molecule has 0 spiro atoms. The number of hydrogen-bond acceptors (Lipinski definition) is 4. The topological polar surface area (TPSA) is 77.9 Å². The molecule has 1 aliphatic heterocycles. The molecule has 17 heavy (non-hydrogen) atoms. The Labute approximate surface area is 100 Å². The first kappa shape index (κ1) is 13.6. The first-order valence-electron chi connectivity index (χ1n) is 5.93. The maximum Gasteiger partial charge on any atom is 0.317 e. The van der Waals surface area contributed by atoms with Crippen LogP contribution in [0.3, 0.4) is 0 Å². The van der Waals surface area contributed by atoms with Crippen LogP contribution in [0.15, 0.2) is 0 Å². The number of carbonyl (C=O) groups excluding carboxylic acids is 2. The Balaban J connectivity index is 2.35. The lowest BCUT2D eigenvalue weighted by molar-refractivity contribution is -0.550. The number of rotatable bonds is 0. The van der Waals surface area contributed by atoms with E-state index in [0.29, 0.717) is 25.9 Å². The van der Waals surface area contributed by atoms with E-state index in [1.807, 2.05) is 0 Å². The van der Waals surface area contributed by atoms with Crippen LogP contribution < -0.4 is 0 Å². The van der Waals surface area contributed by atoms with E-state index in [2.05, 4.69) is 0 Å². The molecule has 0 unspecified atom stereocenters. The molecule has 1 heterocycles. The standard InChI is InChI=1S/C11H18N2O4/c12-13-5-1-3-7-16-10(14)9-11(15)17-8-4-2-6-13/h1-9H2. The molecule has 0 bridgehead atoms. The third-order valence-electron chi connectivity index (χ3n) is 2.44. The largest absolute Gasteiger partial charge is 0.507 e. The molecule has 0 aliphatic carbocycles. The molecule has 1 fully saturated rings. The molecule has 0 aromatic carbocycles. The average molecular weight is 242 g/mol. The molecule has 1 saturated heterocycles. The van der Waals surface area contributed by atoms with E-state index < -0.39 is 11.9 Å². The number of carbonyl (C=O) groups is 2. The molecular weight excluding hydrogens is 224 g/mol. The van der Waals surface area contributed by atoms with Crippen molar-refractivity contribution in [3.05, 3.63) is 5.53 Å². The fourth-order valence-corrected chi connectivity index (χ4v) is 1.50. The predicted molar refractivity (Wildman–Crippen MR) is 58.4 cm³/mol. The van der Waals surface area contributed by atoms with Gasteiger partial charge in [0.05, 0.1) is 13.2 Å². The molecule has 6 heteroatoms. The van der Waals surface area contributed by atoms with Crippen molar-refractivity contribution < 1.29 is 23.8 Å². The third kappa shape index (κ3) is 6.65. The highest BCUT2D eigenvalue weighted by atomic mass is 16.6. The maximum absolute atomic E-state index is 11.1. The van der Waals surface area contributed by atoms with Crippen LogP contribution in [-0.4, -0.2) is 42.9 Å². The molecule has 0 aromatic heterocycles. The molecule has 0 aromatic rings. The molecular formula is C11H18N2O4. The van der Waals surface area contributed by atoms with Gasteiger partial charge in [0, 0.05) is 12.8 Å². The van der Waals surface area contributed by atoms with Crippen LogP contribution in [0, 0.1) is 0 Å². The van der Waals surface area contributed by atoms with Gasteiger partial charge in [-0.05, 0) is 12.8 Å². The van der Waals surface area contributed by atoms with E-state index in [4.69, 9.17) is 9.47 Å². The minimum Gasteiger partial charge on any atom is -0.507 e. The van der Waals surface area contributed by atoms with Gasteiger partial charge in [0.1, 0.15) is 19.5 Å². The van der Waals surface area contributed by atoms with Crippen molar-refractivity contribution in [2.75, 3.05) is 26.3 Å². The lowest BCUT2D eigenvalue weighted by Crippen LogP contribution is -2.17. The first-order valence-corrected chi connectivity index (χ1v) is 5.93. The maximum atomic E-state index is 11.1. The second kappa shape index (κ2) is 7.76. The summed E-state index contributed by atoms with van der Waals surface area (Å²) in [6, 6.07) is 0. The quantitative estimate of drug-likeness (QED) is 0.361. The highest BCUT2D eigenvalue weighted by Crippen LogP contribution is 2.00. The minimum absolute atomic E-state index is 0.278. The smallest absolute Gasteiger partial charge is 0.317 e. The molecule has 0 saturated carbocycles. The van der Waals surface area contributed by atoms with Crippen molar-refractivity contribution in [1.82, 2.24) is 0 Å². The zero-order chi connectivity index (χ0) is 12.5. The van der Waals surface area contributed by atoms with Crippen LogP contribution in [0.25, 0.3) is 5.53 Å². The monoisotopic (exact) mass is 242 g/mol. The Morgan fingerprint density at radius 1 is 0.882 bits per heavy atom. The van der Waals surface area contributed by atoms with Crippen molar-refractivity contribution in [1.29, 1.82) is 0 Å². The van der Waals surface area contributed by atoms with E-state index in [-0.39, 0.29) is 19.6 Å². The van der Waals surface area contributed by atoms with Gasteiger partial charge in [-0.3, -0.25) is 9.59 Å². The van der Waals surface area contributed by atoms with Crippen LogP contribution >= 0.6 is 0 Å². The SMILES string of the molecule is [N-]=[N+]1CCCCOC(=O)CC(=O)OCCCC1. The molecule has 0 atom stereocenters. The van der Waals surface area contributed by atoms with Crippen molar-refractivity contribution in [3.63, 3.8) is 0 Å². The fraction of sp³-hybridized carbons (Fsp3) is 0.818. The third-order valence-corrected chi connectivity index (χ3v) is 2.44. The van der Waals surface area contributed by atoms with Gasteiger partial charge >= 0.3 is 11.9 Å². The van der Waals surface area contributed by atoms with Crippen LogP contribution in [-0.2, 0) is 19.1 Å². The summed E-state index contributed by atoms with van der Waals surface area (Å²) in [5.41, 5.74) is 9.44. The Hall–Kier alpha value is -1.46. The number of esters is 2. The summed E-state index contributed by atoms with van der Waals surface area (Å²) in [6.45, 7) is 1.69. The fourth-order valence-electron chi connectivity index (χ4n) is 1.50. The lowest BCUT2D eigenvalue weighted by atomic mass is 10.3. The minimum atomic E-state index is -0.548. The van der Waals surface area contributed by atoms with Gasteiger partial charge in [-0.2, -0.15) is 0 Å². The molecule has 6 nitrogen and oxygen atoms in total. The summed E-state index contributed by atoms with van der Waals surface area (Å²) in [5, 5.41) is 0. The van der Waals surface area contributed by atoms with Gasteiger partial charge in [-0.25, -0.2) is 0 Å². The Morgan fingerprint density at radius 3 is 1.82 bits per heavy atom. The van der Waals surface area contributed by atoms with Gasteiger partial charge in [-0.15, -0.1) is 0 Å². The Kier molecular flexibility index (Phi) is 6.21. The van der Waals surface area contributed by atoms with Crippen LogP contribution in [0.1, 0.15) is 32.1 Å². The zero-order valence-electron chi connectivity index (χ0n) is 9.89. The number of nitrogens with zero attached hydrogens (tertiary/aromatic N) is 2. The molecule has 0 amide bonds. The first-order chi connectivity index (χ1) is 8.18. The molecule has 0 N–H and O–H groups in total. The van der Waals surface area contributed by atoms with Crippen LogP contribution in [0.4, 0.5) is 0 Å². The predicted octanol–water partition coefficient (Wildman–Crippen LogP) is 1.07. The van der Waals surface area contributed by atoms with Crippen LogP contribution in [0.2, 0.25) is 0 Å². The normalized spacial score (nSPS) is 21.3. The van der Waals surface area contributed by atoms with Crippen molar-refractivity contribution in [2.45, 2.75) is 32.1 Å². The van der Waals surface area contributed by atoms with E-state index >= 15 is 0 Å². The van der Waals surface area contributed by atoms with Crippen LogP contribution in [0.5, 0.6) is 0 Å². The highest BCUT2D eigenvalue weighted by molar-refractivity contribution is 5.91. The average Bonchev–Trinajstić information content (AvgIpc) is 2.27. The van der Waals surface area contributed by atoms with Gasteiger partial charge in [0.2, 0.25) is 0 Å². The highest BCUT2D eigenvalue weighted by Gasteiger charge is 2.12. The number of cyclic esters (lactones) is 2. The Bertz CT molecular complexity index is 265. The molecule has 1 aliphatic rings.